The molecular formula is C19H18O4. The first-order valence-electron chi connectivity index (χ1n) is 7.30. The van der Waals surface area contributed by atoms with Crippen LogP contribution in [0.1, 0.15) is 16.7 Å². The molecule has 0 spiro atoms. The molecule has 0 fully saturated rings. The Balaban J connectivity index is 2.51. The van der Waals surface area contributed by atoms with E-state index in [4.69, 9.17) is 0 Å². The van der Waals surface area contributed by atoms with Crippen LogP contribution in [0.15, 0.2) is 30.3 Å². The van der Waals surface area contributed by atoms with Gasteiger partial charge in [0.2, 0.25) is 0 Å². The molecule has 0 saturated heterocycles. The molecule has 0 saturated carbocycles. The van der Waals surface area contributed by atoms with E-state index in [1.165, 1.54) is 12.1 Å². The van der Waals surface area contributed by atoms with Crippen molar-refractivity contribution in [3.05, 3.63) is 47.0 Å². The van der Waals surface area contributed by atoms with E-state index in [-0.39, 0.29) is 23.0 Å². The van der Waals surface area contributed by atoms with Crippen LogP contribution in [0.2, 0.25) is 0 Å². The Morgan fingerprint density at radius 3 is 2.00 bits per heavy atom. The number of rotatable bonds is 1. The number of hydrogen-bond acceptors (Lipinski definition) is 4. The van der Waals surface area contributed by atoms with Crippen molar-refractivity contribution in [1.29, 1.82) is 0 Å². The van der Waals surface area contributed by atoms with Crippen molar-refractivity contribution in [2.75, 3.05) is 0 Å². The minimum absolute atomic E-state index is 0.00455. The Morgan fingerprint density at radius 2 is 1.30 bits per heavy atom. The van der Waals surface area contributed by atoms with Crippen LogP contribution in [0, 0.1) is 20.8 Å². The van der Waals surface area contributed by atoms with Gasteiger partial charge in [0.05, 0.1) is 0 Å². The molecule has 0 atom stereocenters. The van der Waals surface area contributed by atoms with E-state index < -0.39 is 0 Å². The van der Waals surface area contributed by atoms with Crippen LogP contribution in [0.25, 0.3) is 21.9 Å². The molecule has 0 heterocycles. The second kappa shape index (κ2) is 5.09. The minimum atomic E-state index is 0.00455. The molecule has 0 bridgehead atoms. The summed E-state index contributed by atoms with van der Waals surface area (Å²) in [5.74, 6) is 0.231. The summed E-state index contributed by atoms with van der Waals surface area (Å²) in [5.41, 5.74) is 2.75. The zero-order valence-corrected chi connectivity index (χ0v) is 13.2. The van der Waals surface area contributed by atoms with Gasteiger partial charge in [-0.2, -0.15) is 0 Å². The highest BCUT2D eigenvalue weighted by molar-refractivity contribution is 6.05. The number of fused-ring (bicyclic) bond motifs is 1. The summed E-state index contributed by atoms with van der Waals surface area (Å²) in [6, 6.07) is 8.02. The highest BCUT2D eigenvalue weighted by atomic mass is 16.3. The third-order valence-corrected chi connectivity index (χ3v) is 4.50. The molecule has 3 aromatic carbocycles. The van der Waals surface area contributed by atoms with Gasteiger partial charge < -0.3 is 20.4 Å². The highest BCUT2D eigenvalue weighted by Crippen LogP contribution is 2.47. The van der Waals surface area contributed by atoms with Crippen LogP contribution in [-0.2, 0) is 0 Å². The maximum Gasteiger partial charge on any atom is 0.127 e. The lowest BCUT2D eigenvalue weighted by Gasteiger charge is -2.18. The van der Waals surface area contributed by atoms with Crippen molar-refractivity contribution in [1.82, 2.24) is 0 Å². The molecule has 0 aliphatic heterocycles. The first kappa shape index (κ1) is 15.0. The fourth-order valence-corrected chi connectivity index (χ4v) is 3.03. The van der Waals surface area contributed by atoms with E-state index in [9.17, 15) is 20.4 Å². The van der Waals surface area contributed by atoms with Crippen LogP contribution >= 0.6 is 0 Å². The van der Waals surface area contributed by atoms with Crippen molar-refractivity contribution < 1.29 is 20.4 Å². The van der Waals surface area contributed by atoms with Gasteiger partial charge in [-0.25, -0.2) is 0 Å². The van der Waals surface area contributed by atoms with Gasteiger partial charge in [0.1, 0.15) is 23.0 Å². The summed E-state index contributed by atoms with van der Waals surface area (Å²) in [6.07, 6.45) is 0. The maximum atomic E-state index is 10.6. The Morgan fingerprint density at radius 1 is 0.652 bits per heavy atom. The molecule has 4 N–H and O–H groups in total. The van der Waals surface area contributed by atoms with E-state index in [2.05, 4.69) is 0 Å². The second-order valence-electron chi connectivity index (χ2n) is 5.78. The summed E-state index contributed by atoms with van der Waals surface area (Å²) < 4.78 is 0. The average molecular weight is 310 g/mol. The number of hydrogen-bond donors (Lipinski definition) is 4. The Bertz CT molecular complexity index is 913. The SMILES string of the molecule is Cc1c(C)c(O)c(-c2ccc(O)c3cccc(O)c23)c(C)c1O. The monoisotopic (exact) mass is 310 g/mol. The molecule has 118 valence electrons. The molecule has 0 amide bonds. The third-order valence-electron chi connectivity index (χ3n) is 4.50. The highest BCUT2D eigenvalue weighted by Gasteiger charge is 2.21. The third kappa shape index (κ3) is 2.06. The van der Waals surface area contributed by atoms with E-state index in [1.807, 2.05) is 0 Å². The van der Waals surface area contributed by atoms with Crippen LogP contribution in [0.5, 0.6) is 23.0 Å². The molecule has 23 heavy (non-hydrogen) atoms. The summed E-state index contributed by atoms with van der Waals surface area (Å²) in [5, 5.41) is 42.1. The van der Waals surface area contributed by atoms with Gasteiger partial charge in [0, 0.05) is 21.9 Å². The van der Waals surface area contributed by atoms with Crippen molar-refractivity contribution in [2.24, 2.45) is 0 Å². The summed E-state index contributed by atoms with van der Waals surface area (Å²) >= 11 is 0. The number of phenolic OH excluding ortho intramolecular Hbond substituents is 4. The lowest BCUT2D eigenvalue weighted by Crippen LogP contribution is -1.94. The van der Waals surface area contributed by atoms with E-state index >= 15 is 0 Å². The van der Waals surface area contributed by atoms with Crippen molar-refractivity contribution in [3.63, 3.8) is 0 Å². The number of phenols is 4. The van der Waals surface area contributed by atoms with Crippen LogP contribution in [0.3, 0.4) is 0 Å². The van der Waals surface area contributed by atoms with E-state index in [1.54, 1.807) is 39.0 Å². The largest absolute Gasteiger partial charge is 0.507 e. The summed E-state index contributed by atoms with van der Waals surface area (Å²) in [6.45, 7) is 5.19. The van der Waals surface area contributed by atoms with Crippen molar-refractivity contribution >= 4 is 10.8 Å². The normalized spacial score (nSPS) is 11.1. The molecule has 0 aliphatic rings. The molecule has 0 aromatic heterocycles. The maximum absolute atomic E-state index is 10.6. The zero-order valence-electron chi connectivity index (χ0n) is 13.2. The number of benzene rings is 3. The zero-order chi connectivity index (χ0) is 16.9. The topological polar surface area (TPSA) is 80.9 Å². The average Bonchev–Trinajstić information content (AvgIpc) is 2.54. The van der Waals surface area contributed by atoms with Gasteiger partial charge >= 0.3 is 0 Å². The Hall–Kier alpha value is -2.88. The van der Waals surface area contributed by atoms with Crippen LogP contribution in [0.4, 0.5) is 0 Å². The molecule has 4 heteroatoms. The van der Waals surface area contributed by atoms with Crippen molar-refractivity contribution in [2.45, 2.75) is 20.8 Å². The molecule has 3 rings (SSSR count). The molecule has 0 aliphatic carbocycles. The predicted octanol–water partition coefficient (Wildman–Crippen LogP) is 4.25. The molecular weight excluding hydrogens is 292 g/mol. The molecule has 3 aromatic rings. The molecule has 0 unspecified atom stereocenters. The van der Waals surface area contributed by atoms with Gasteiger partial charge in [-0.1, -0.05) is 12.1 Å². The van der Waals surface area contributed by atoms with Gasteiger partial charge in [0.15, 0.2) is 0 Å². The molecule has 0 radical (unpaired) electrons. The fraction of sp³-hybridized carbons (Fsp3) is 0.158. The lowest BCUT2D eigenvalue weighted by molar-refractivity contribution is 0.451. The first-order chi connectivity index (χ1) is 10.8. The van der Waals surface area contributed by atoms with E-state index in [0.29, 0.717) is 38.6 Å². The fourth-order valence-electron chi connectivity index (χ4n) is 3.03. The quantitative estimate of drug-likeness (QED) is 0.506. The number of aromatic hydroxyl groups is 4. The van der Waals surface area contributed by atoms with Gasteiger partial charge in [-0.15, -0.1) is 0 Å². The standard InChI is InChI=1S/C19H18O4/c1-9-10(2)19(23)16(11(3)18(9)22)13-7-8-14(20)12-5-4-6-15(21)17(12)13/h4-8,20-23H,1-3H3. The second-order valence-corrected chi connectivity index (χ2v) is 5.78. The van der Waals surface area contributed by atoms with E-state index in [0.717, 1.165) is 0 Å². The first-order valence-corrected chi connectivity index (χ1v) is 7.30. The lowest BCUT2D eigenvalue weighted by atomic mass is 9.89. The van der Waals surface area contributed by atoms with Gasteiger partial charge in [-0.05, 0) is 55.7 Å². The predicted molar refractivity (Wildman–Crippen MR) is 90.3 cm³/mol. The Labute approximate surface area is 133 Å². The van der Waals surface area contributed by atoms with Gasteiger partial charge in [-0.3, -0.25) is 0 Å². The minimum Gasteiger partial charge on any atom is -0.507 e. The van der Waals surface area contributed by atoms with Crippen LogP contribution in [-0.4, -0.2) is 20.4 Å². The smallest absolute Gasteiger partial charge is 0.127 e. The van der Waals surface area contributed by atoms with Gasteiger partial charge in [0.25, 0.3) is 0 Å². The summed E-state index contributed by atoms with van der Waals surface area (Å²) in [7, 11) is 0. The molecule has 4 nitrogen and oxygen atoms in total. The Kier molecular flexibility index (Phi) is 3.33. The summed E-state index contributed by atoms with van der Waals surface area (Å²) in [4.78, 5) is 0. The van der Waals surface area contributed by atoms with Crippen LogP contribution < -0.4 is 0 Å². The van der Waals surface area contributed by atoms with Crippen molar-refractivity contribution in [3.8, 4) is 34.1 Å².